The number of esters is 1. The molecular weight excluding hydrogens is 542 g/mol. The van der Waals surface area contributed by atoms with Crippen molar-refractivity contribution in [2.45, 2.75) is 32.5 Å². The molecule has 0 aliphatic rings. The Morgan fingerprint density at radius 2 is 1.57 bits per heavy atom. The Morgan fingerprint density at radius 1 is 0.905 bits per heavy atom. The monoisotopic (exact) mass is 577 g/mol. The zero-order valence-electron chi connectivity index (χ0n) is 24.2. The van der Waals surface area contributed by atoms with Gasteiger partial charge in [0.05, 0.1) is 13.7 Å². The first kappa shape index (κ1) is 30.4. The molecule has 0 aliphatic heterocycles. The molecule has 214 valence electrons. The van der Waals surface area contributed by atoms with E-state index in [-0.39, 0.29) is 5.91 Å². The summed E-state index contributed by atoms with van der Waals surface area (Å²) >= 11 is 1.61. The lowest BCUT2D eigenvalue weighted by molar-refractivity contribution is -0.142. The molecule has 0 saturated carbocycles. The smallest absolute Gasteiger partial charge is 0.328 e. The number of thioether (sulfide) groups is 1. The molecule has 0 fully saturated rings. The number of amides is 1. The Labute approximate surface area is 252 Å². The minimum Gasteiger partial charge on any atom is -0.467 e. The highest BCUT2D eigenvalue weighted by Crippen LogP contribution is 2.30. The number of carbonyl (C=O) groups excluding carboxylic acids is 2. The fraction of sp³-hybridized carbons (Fsp3) is 0.229. The lowest BCUT2D eigenvalue weighted by atomic mass is 9.93. The van der Waals surface area contributed by atoms with Crippen molar-refractivity contribution in [3.05, 3.63) is 131 Å². The standard InChI is InChI=1S/C35H35N3O3S/c1-25-10-8-9-13-30(25)32-22-27(16-19-31(32)34(39)37-33(20-21-42-4)35(40)41-3)24-38(29-11-6-5-7-12-29)23-26-14-17-28(36-2)18-15-26/h5-19,22,33H,20-21,23-24H2,1,3-4H3,(H,37,39)/t33-/m0/s1. The molecule has 1 amide bonds. The number of benzene rings is 4. The molecule has 1 atom stereocenters. The van der Waals surface area contributed by atoms with Crippen LogP contribution in [0.5, 0.6) is 0 Å². The molecule has 7 heteroatoms. The average molecular weight is 578 g/mol. The van der Waals surface area contributed by atoms with Gasteiger partial charge in [0.2, 0.25) is 0 Å². The number of ether oxygens (including phenoxy) is 1. The lowest BCUT2D eigenvalue weighted by Crippen LogP contribution is -2.42. The number of carbonyl (C=O) groups is 2. The normalized spacial score (nSPS) is 11.3. The van der Waals surface area contributed by atoms with E-state index in [1.54, 1.807) is 11.8 Å². The number of nitrogens with zero attached hydrogens (tertiary/aromatic N) is 2. The highest BCUT2D eigenvalue weighted by atomic mass is 32.2. The number of nitrogens with one attached hydrogen (secondary N) is 1. The summed E-state index contributed by atoms with van der Waals surface area (Å²) in [5.74, 6) is -0.0370. The van der Waals surface area contributed by atoms with Crippen molar-refractivity contribution in [2.75, 3.05) is 24.0 Å². The number of aryl methyl sites for hydroxylation is 1. The van der Waals surface area contributed by atoms with Crippen LogP contribution in [0.2, 0.25) is 0 Å². The van der Waals surface area contributed by atoms with E-state index in [4.69, 9.17) is 11.3 Å². The van der Waals surface area contributed by atoms with Crippen LogP contribution in [0, 0.1) is 13.5 Å². The van der Waals surface area contributed by atoms with Crippen molar-refractivity contribution >= 4 is 35.0 Å². The molecule has 4 aromatic rings. The first-order chi connectivity index (χ1) is 20.4. The van der Waals surface area contributed by atoms with Gasteiger partial charge in [0, 0.05) is 24.3 Å². The van der Waals surface area contributed by atoms with Crippen molar-refractivity contribution < 1.29 is 14.3 Å². The molecule has 0 spiro atoms. The SMILES string of the molecule is [C-]#[N+]c1ccc(CN(Cc2ccc(C(=O)N[C@@H](CCSC)C(=O)OC)c(-c3ccccc3C)c2)c2ccccc2)cc1. The topological polar surface area (TPSA) is 63.0 Å². The third kappa shape index (κ3) is 7.80. The van der Waals surface area contributed by atoms with Crippen LogP contribution in [0.25, 0.3) is 16.0 Å². The van der Waals surface area contributed by atoms with E-state index >= 15 is 0 Å². The summed E-state index contributed by atoms with van der Waals surface area (Å²) in [6, 6.07) is 31.0. The first-order valence-electron chi connectivity index (χ1n) is 13.8. The van der Waals surface area contributed by atoms with E-state index in [2.05, 4.69) is 33.3 Å². The molecule has 42 heavy (non-hydrogen) atoms. The Morgan fingerprint density at radius 3 is 2.24 bits per heavy atom. The van der Waals surface area contributed by atoms with Crippen molar-refractivity contribution in [2.24, 2.45) is 0 Å². The highest BCUT2D eigenvalue weighted by molar-refractivity contribution is 7.98. The fourth-order valence-electron chi connectivity index (χ4n) is 4.84. The zero-order valence-corrected chi connectivity index (χ0v) is 25.0. The third-order valence-electron chi connectivity index (χ3n) is 7.10. The number of hydrogen-bond donors (Lipinski definition) is 1. The van der Waals surface area contributed by atoms with Crippen LogP contribution in [0.4, 0.5) is 11.4 Å². The predicted octanol–water partition coefficient (Wildman–Crippen LogP) is 7.44. The van der Waals surface area contributed by atoms with Crippen LogP contribution in [0.1, 0.15) is 33.5 Å². The van der Waals surface area contributed by atoms with Gasteiger partial charge in [-0.15, -0.1) is 0 Å². The summed E-state index contributed by atoms with van der Waals surface area (Å²) in [5.41, 5.74) is 7.15. The van der Waals surface area contributed by atoms with E-state index in [9.17, 15) is 9.59 Å². The van der Waals surface area contributed by atoms with Gasteiger partial charge in [-0.3, -0.25) is 4.79 Å². The lowest BCUT2D eigenvalue weighted by Gasteiger charge is -2.26. The summed E-state index contributed by atoms with van der Waals surface area (Å²) < 4.78 is 4.96. The van der Waals surface area contributed by atoms with Gasteiger partial charge in [0.15, 0.2) is 5.69 Å². The van der Waals surface area contributed by atoms with Crippen molar-refractivity contribution in [1.82, 2.24) is 5.32 Å². The molecular formula is C35H35N3O3S. The van der Waals surface area contributed by atoms with Crippen LogP contribution >= 0.6 is 11.8 Å². The van der Waals surface area contributed by atoms with Gasteiger partial charge in [-0.05, 0) is 77.4 Å². The van der Waals surface area contributed by atoms with Crippen LogP contribution < -0.4 is 10.2 Å². The summed E-state index contributed by atoms with van der Waals surface area (Å²) in [5, 5.41) is 2.92. The van der Waals surface area contributed by atoms with Gasteiger partial charge in [-0.2, -0.15) is 11.8 Å². The summed E-state index contributed by atoms with van der Waals surface area (Å²) in [6.07, 6.45) is 2.45. The van der Waals surface area contributed by atoms with Crippen LogP contribution in [-0.2, 0) is 22.6 Å². The minimum atomic E-state index is -0.720. The number of para-hydroxylation sites is 1. The fourth-order valence-corrected chi connectivity index (χ4v) is 5.31. The molecule has 4 aromatic carbocycles. The Kier molecular flexibility index (Phi) is 10.8. The number of anilines is 1. The maximum Gasteiger partial charge on any atom is 0.328 e. The van der Waals surface area contributed by atoms with Crippen molar-refractivity contribution in [3.8, 4) is 11.1 Å². The van der Waals surface area contributed by atoms with E-state index in [1.165, 1.54) is 7.11 Å². The second-order valence-corrected chi connectivity index (χ2v) is 11.0. The van der Waals surface area contributed by atoms with E-state index in [1.807, 2.05) is 92.0 Å². The van der Waals surface area contributed by atoms with Crippen LogP contribution in [-0.4, -0.2) is 37.0 Å². The molecule has 0 unspecified atom stereocenters. The van der Waals surface area contributed by atoms with Crippen molar-refractivity contribution in [1.29, 1.82) is 0 Å². The van der Waals surface area contributed by atoms with Gasteiger partial charge in [-0.25, -0.2) is 9.64 Å². The Balaban J connectivity index is 1.70. The molecule has 0 saturated heterocycles. The molecule has 4 rings (SSSR count). The highest BCUT2D eigenvalue weighted by Gasteiger charge is 2.24. The summed E-state index contributed by atoms with van der Waals surface area (Å²) in [6.45, 7) is 10.5. The second kappa shape index (κ2) is 14.9. The van der Waals surface area contributed by atoms with Gasteiger partial charge in [0.1, 0.15) is 6.04 Å². The predicted molar refractivity (Wildman–Crippen MR) is 172 cm³/mol. The summed E-state index contributed by atoms with van der Waals surface area (Å²) in [7, 11) is 1.34. The number of methoxy groups -OCH3 is 1. The molecule has 0 heterocycles. The van der Waals surface area contributed by atoms with Gasteiger partial charge in [-0.1, -0.05) is 72.8 Å². The summed E-state index contributed by atoms with van der Waals surface area (Å²) in [4.78, 5) is 31.8. The third-order valence-corrected chi connectivity index (χ3v) is 7.74. The maximum absolute atomic E-state index is 13.6. The van der Waals surface area contributed by atoms with Crippen LogP contribution in [0.3, 0.4) is 0 Å². The minimum absolute atomic E-state index is 0.309. The molecule has 1 N–H and O–H groups in total. The van der Waals surface area contributed by atoms with Gasteiger partial charge in [0.25, 0.3) is 5.91 Å². The average Bonchev–Trinajstić information content (AvgIpc) is 3.03. The Bertz CT molecular complexity index is 1550. The van der Waals surface area contributed by atoms with Crippen molar-refractivity contribution in [3.63, 3.8) is 0 Å². The van der Waals surface area contributed by atoms with Crippen LogP contribution in [0.15, 0.2) is 97.1 Å². The Hall–Kier alpha value is -4.54. The van der Waals surface area contributed by atoms with E-state index < -0.39 is 12.0 Å². The molecule has 0 bridgehead atoms. The molecule has 6 nitrogen and oxygen atoms in total. The first-order valence-corrected chi connectivity index (χ1v) is 15.2. The number of hydrogen-bond acceptors (Lipinski definition) is 5. The maximum atomic E-state index is 13.6. The molecule has 0 radical (unpaired) electrons. The number of rotatable bonds is 12. The van der Waals surface area contributed by atoms with E-state index in [0.717, 1.165) is 39.3 Å². The molecule has 0 aliphatic carbocycles. The van der Waals surface area contributed by atoms with Gasteiger partial charge < -0.3 is 15.0 Å². The van der Waals surface area contributed by atoms with Gasteiger partial charge >= 0.3 is 5.97 Å². The molecule has 0 aromatic heterocycles. The quantitative estimate of drug-likeness (QED) is 0.140. The zero-order chi connectivity index (χ0) is 29.9. The van der Waals surface area contributed by atoms with E-state index in [0.29, 0.717) is 30.8 Å². The largest absolute Gasteiger partial charge is 0.467 e. The second-order valence-electron chi connectivity index (χ2n) is 10.00.